The highest BCUT2D eigenvalue weighted by molar-refractivity contribution is 5.94. The van der Waals surface area contributed by atoms with Crippen LogP contribution in [0.3, 0.4) is 0 Å². The highest BCUT2D eigenvalue weighted by atomic mass is 19.1. The van der Waals surface area contributed by atoms with Crippen LogP contribution < -0.4 is 16.2 Å². The molecule has 2 heterocycles. The van der Waals surface area contributed by atoms with Crippen LogP contribution in [-0.2, 0) is 17.9 Å². The molecule has 0 aliphatic heterocycles. The van der Waals surface area contributed by atoms with Crippen LogP contribution in [-0.4, -0.2) is 26.3 Å². The number of pyridine rings is 1. The van der Waals surface area contributed by atoms with Crippen molar-refractivity contribution >= 4 is 22.8 Å². The van der Waals surface area contributed by atoms with E-state index in [4.69, 9.17) is 0 Å². The first kappa shape index (κ1) is 21.9. The number of H-pyrrole nitrogens is 1. The summed E-state index contributed by atoms with van der Waals surface area (Å²) < 4.78 is 14.1. The van der Waals surface area contributed by atoms with Gasteiger partial charge in [-0.05, 0) is 42.8 Å². The summed E-state index contributed by atoms with van der Waals surface area (Å²) in [6, 6.07) is 15.6. The maximum Gasteiger partial charge on any atom is 0.253 e. The molecule has 1 atom stereocenters. The standard InChI is InChI=1S/C24H22FN5O3/c1-15(23-28-19-4-2-3-5-20(19)29-23)27-24(33)17-8-11-22(32)30(13-17)14-21(31)26-12-16-6-9-18(25)10-7-16/h2-11,13,15H,12,14H2,1H3,(H,26,31)(H,27,33)(H,28,29)/t15-/m0/s1. The Morgan fingerprint density at radius 1 is 1.09 bits per heavy atom. The minimum atomic E-state index is -0.409. The number of hydrogen-bond acceptors (Lipinski definition) is 4. The second kappa shape index (κ2) is 9.47. The molecule has 9 heteroatoms. The Kier molecular flexibility index (Phi) is 6.30. The zero-order valence-electron chi connectivity index (χ0n) is 17.8. The van der Waals surface area contributed by atoms with Gasteiger partial charge in [0.25, 0.3) is 11.5 Å². The number of para-hydroxylation sites is 2. The Morgan fingerprint density at radius 2 is 1.85 bits per heavy atom. The van der Waals surface area contributed by atoms with Crippen molar-refractivity contribution < 1.29 is 14.0 Å². The maximum absolute atomic E-state index is 13.0. The third-order valence-electron chi connectivity index (χ3n) is 5.13. The number of aromatic nitrogens is 3. The Balaban J connectivity index is 1.40. The van der Waals surface area contributed by atoms with Gasteiger partial charge < -0.3 is 20.2 Å². The largest absolute Gasteiger partial charge is 0.350 e. The zero-order valence-corrected chi connectivity index (χ0v) is 17.8. The van der Waals surface area contributed by atoms with Crippen LogP contribution in [0.2, 0.25) is 0 Å². The molecule has 4 rings (SSSR count). The number of imidazole rings is 1. The van der Waals surface area contributed by atoms with Crippen molar-refractivity contribution in [1.82, 2.24) is 25.2 Å². The maximum atomic E-state index is 13.0. The van der Waals surface area contributed by atoms with E-state index in [0.717, 1.165) is 16.6 Å². The zero-order chi connectivity index (χ0) is 23.4. The summed E-state index contributed by atoms with van der Waals surface area (Å²) in [6.45, 7) is 1.75. The van der Waals surface area contributed by atoms with E-state index in [2.05, 4.69) is 20.6 Å². The lowest BCUT2D eigenvalue weighted by Gasteiger charge is -2.13. The van der Waals surface area contributed by atoms with Crippen LogP contribution in [0.25, 0.3) is 11.0 Å². The molecule has 0 unspecified atom stereocenters. The van der Waals surface area contributed by atoms with Gasteiger partial charge in [-0.1, -0.05) is 24.3 Å². The number of aromatic amines is 1. The number of carbonyl (C=O) groups excluding carboxylic acids is 2. The molecule has 0 saturated heterocycles. The van der Waals surface area contributed by atoms with E-state index in [1.165, 1.54) is 35.0 Å². The van der Waals surface area contributed by atoms with Crippen molar-refractivity contribution in [2.45, 2.75) is 26.1 Å². The van der Waals surface area contributed by atoms with E-state index >= 15 is 0 Å². The predicted octanol–water partition coefficient (Wildman–Crippen LogP) is 2.67. The average molecular weight is 447 g/mol. The average Bonchev–Trinajstić information content (AvgIpc) is 3.25. The number of nitrogens with one attached hydrogen (secondary N) is 3. The lowest BCUT2D eigenvalue weighted by molar-refractivity contribution is -0.121. The van der Waals surface area contributed by atoms with E-state index in [0.29, 0.717) is 5.82 Å². The molecule has 33 heavy (non-hydrogen) atoms. The Hall–Kier alpha value is -4.27. The van der Waals surface area contributed by atoms with Crippen molar-refractivity contribution in [1.29, 1.82) is 0 Å². The highest BCUT2D eigenvalue weighted by Crippen LogP contribution is 2.16. The summed E-state index contributed by atoms with van der Waals surface area (Å²) in [5, 5.41) is 5.52. The number of amides is 2. The lowest BCUT2D eigenvalue weighted by atomic mass is 10.2. The SMILES string of the molecule is C[C@H](NC(=O)c1ccc(=O)n(CC(=O)NCc2ccc(F)cc2)c1)c1nc2ccccc2[nH]1. The summed E-state index contributed by atoms with van der Waals surface area (Å²) in [4.78, 5) is 44.8. The molecular weight excluding hydrogens is 425 g/mol. The Labute approximate surface area is 188 Å². The minimum Gasteiger partial charge on any atom is -0.350 e. The Bertz CT molecular complexity index is 1330. The Morgan fingerprint density at radius 3 is 2.61 bits per heavy atom. The van der Waals surface area contributed by atoms with Crippen molar-refractivity contribution in [2.24, 2.45) is 0 Å². The van der Waals surface area contributed by atoms with Crippen LogP contribution >= 0.6 is 0 Å². The number of nitrogens with zero attached hydrogens (tertiary/aromatic N) is 2. The quantitative estimate of drug-likeness (QED) is 0.405. The van der Waals surface area contributed by atoms with Gasteiger partial charge in [0.1, 0.15) is 18.2 Å². The molecule has 0 radical (unpaired) electrons. The smallest absolute Gasteiger partial charge is 0.253 e. The van der Waals surface area contributed by atoms with Gasteiger partial charge in [0.05, 0.1) is 22.6 Å². The number of benzene rings is 2. The van der Waals surface area contributed by atoms with Gasteiger partial charge in [0, 0.05) is 18.8 Å². The minimum absolute atomic E-state index is 0.197. The molecule has 8 nitrogen and oxygen atoms in total. The van der Waals surface area contributed by atoms with Gasteiger partial charge in [-0.15, -0.1) is 0 Å². The van der Waals surface area contributed by atoms with Gasteiger partial charge in [-0.2, -0.15) is 0 Å². The second-order valence-electron chi connectivity index (χ2n) is 7.62. The molecule has 0 aliphatic carbocycles. The normalized spacial score (nSPS) is 11.8. The fraction of sp³-hybridized carbons (Fsp3) is 0.167. The molecule has 168 valence electrons. The second-order valence-corrected chi connectivity index (χ2v) is 7.62. The molecule has 3 N–H and O–H groups in total. The van der Waals surface area contributed by atoms with Gasteiger partial charge in [-0.25, -0.2) is 9.37 Å². The monoisotopic (exact) mass is 447 g/mol. The molecule has 0 bridgehead atoms. The number of carbonyl (C=O) groups is 2. The first-order valence-corrected chi connectivity index (χ1v) is 10.4. The first-order valence-electron chi connectivity index (χ1n) is 10.4. The van der Waals surface area contributed by atoms with Gasteiger partial charge in [0.15, 0.2) is 0 Å². The summed E-state index contributed by atoms with van der Waals surface area (Å²) in [7, 11) is 0. The fourth-order valence-electron chi connectivity index (χ4n) is 3.33. The lowest BCUT2D eigenvalue weighted by Crippen LogP contribution is -2.33. The van der Waals surface area contributed by atoms with Crippen LogP contribution in [0.1, 0.15) is 34.7 Å². The molecule has 2 aromatic carbocycles. The summed E-state index contributed by atoms with van der Waals surface area (Å²) >= 11 is 0. The van der Waals surface area contributed by atoms with Crippen molar-refractivity contribution in [3.8, 4) is 0 Å². The summed E-state index contributed by atoms with van der Waals surface area (Å²) in [5.41, 5.74) is 2.23. The van der Waals surface area contributed by atoms with Crippen LogP contribution in [0.15, 0.2) is 71.7 Å². The molecule has 0 fully saturated rings. The van der Waals surface area contributed by atoms with Gasteiger partial charge in [-0.3, -0.25) is 14.4 Å². The molecule has 4 aromatic rings. The van der Waals surface area contributed by atoms with Crippen molar-refractivity contribution in [2.75, 3.05) is 0 Å². The molecular formula is C24H22FN5O3. The third kappa shape index (κ3) is 5.32. The van der Waals surface area contributed by atoms with Crippen LogP contribution in [0.5, 0.6) is 0 Å². The van der Waals surface area contributed by atoms with E-state index in [1.807, 2.05) is 24.3 Å². The van der Waals surface area contributed by atoms with Crippen LogP contribution in [0, 0.1) is 5.82 Å². The van der Waals surface area contributed by atoms with Gasteiger partial charge >= 0.3 is 0 Å². The predicted molar refractivity (Wildman–Crippen MR) is 121 cm³/mol. The molecule has 0 saturated carbocycles. The van der Waals surface area contributed by atoms with Crippen molar-refractivity contribution in [3.05, 3.63) is 100.0 Å². The van der Waals surface area contributed by atoms with E-state index in [1.54, 1.807) is 19.1 Å². The van der Waals surface area contributed by atoms with Gasteiger partial charge in [0.2, 0.25) is 5.91 Å². The number of fused-ring (bicyclic) bond motifs is 1. The van der Waals surface area contributed by atoms with E-state index in [-0.39, 0.29) is 24.5 Å². The number of rotatable bonds is 7. The first-order chi connectivity index (χ1) is 15.9. The van der Waals surface area contributed by atoms with E-state index in [9.17, 15) is 18.8 Å². The number of hydrogen-bond donors (Lipinski definition) is 3. The summed E-state index contributed by atoms with van der Waals surface area (Å²) in [6.07, 6.45) is 1.35. The molecule has 0 spiro atoms. The topological polar surface area (TPSA) is 109 Å². The van der Waals surface area contributed by atoms with Crippen molar-refractivity contribution in [3.63, 3.8) is 0 Å². The summed E-state index contributed by atoms with van der Waals surface area (Å²) in [5.74, 6) is -0.558. The molecule has 2 amide bonds. The molecule has 0 aliphatic rings. The molecule has 2 aromatic heterocycles. The number of halogens is 1. The highest BCUT2D eigenvalue weighted by Gasteiger charge is 2.16. The third-order valence-corrected chi connectivity index (χ3v) is 5.13. The fourth-order valence-corrected chi connectivity index (χ4v) is 3.33. The van der Waals surface area contributed by atoms with E-state index < -0.39 is 23.4 Å². The van der Waals surface area contributed by atoms with Crippen LogP contribution in [0.4, 0.5) is 4.39 Å².